The molecular weight excluding hydrogens is 272 g/mol. The molecule has 2 fully saturated rings. The zero-order valence-electron chi connectivity index (χ0n) is 13.9. The quantitative estimate of drug-likeness (QED) is 0.925. The Balaban J connectivity index is 1.67. The molecule has 1 amide bonds. The highest BCUT2D eigenvalue weighted by atomic mass is 16.2. The summed E-state index contributed by atoms with van der Waals surface area (Å²) in [7, 11) is 0. The fourth-order valence-electron chi connectivity index (χ4n) is 3.96. The lowest BCUT2D eigenvalue weighted by Crippen LogP contribution is -2.31. The Labute approximate surface area is 134 Å². The second-order valence-electron chi connectivity index (χ2n) is 6.93. The number of hydrogen-bond donors (Lipinski definition) is 1. The van der Waals surface area contributed by atoms with E-state index in [1.54, 1.807) is 0 Å². The zero-order valence-corrected chi connectivity index (χ0v) is 13.9. The minimum absolute atomic E-state index is 0.300. The van der Waals surface area contributed by atoms with Gasteiger partial charge < -0.3 is 10.2 Å². The number of rotatable bonds is 4. The second-order valence-corrected chi connectivity index (χ2v) is 6.93. The van der Waals surface area contributed by atoms with E-state index in [0.29, 0.717) is 24.3 Å². The minimum Gasteiger partial charge on any atom is -0.336 e. The molecule has 22 heavy (non-hydrogen) atoms. The van der Waals surface area contributed by atoms with E-state index in [1.807, 2.05) is 0 Å². The number of likely N-dealkylation sites (tertiary alicyclic amines) is 1. The second kappa shape index (κ2) is 6.82. The highest BCUT2D eigenvalue weighted by Crippen LogP contribution is 2.35. The number of nitrogens with zero attached hydrogens (tertiary/aromatic N) is 1. The molecular formula is C19H28N2O. The van der Waals surface area contributed by atoms with E-state index in [4.69, 9.17) is 0 Å². The highest BCUT2D eigenvalue weighted by Gasteiger charge is 2.31. The Morgan fingerprint density at radius 3 is 2.95 bits per heavy atom. The van der Waals surface area contributed by atoms with Crippen LogP contribution in [0.2, 0.25) is 0 Å². The van der Waals surface area contributed by atoms with Gasteiger partial charge >= 0.3 is 0 Å². The van der Waals surface area contributed by atoms with Crippen molar-refractivity contribution in [3.05, 3.63) is 34.9 Å². The number of benzene rings is 1. The van der Waals surface area contributed by atoms with Crippen LogP contribution in [-0.4, -0.2) is 30.4 Å². The predicted octanol–water partition coefficient (Wildman–Crippen LogP) is 3.36. The van der Waals surface area contributed by atoms with Crippen LogP contribution in [0, 0.1) is 19.8 Å². The van der Waals surface area contributed by atoms with Gasteiger partial charge in [-0.15, -0.1) is 0 Å². The van der Waals surface area contributed by atoms with Gasteiger partial charge in [0.05, 0.1) is 6.04 Å². The molecule has 0 spiro atoms. The van der Waals surface area contributed by atoms with E-state index in [2.05, 4.69) is 42.3 Å². The van der Waals surface area contributed by atoms with E-state index in [1.165, 1.54) is 23.1 Å². The van der Waals surface area contributed by atoms with Gasteiger partial charge in [0, 0.05) is 13.0 Å². The number of aryl methyl sites for hydroxylation is 1. The first-order valence-corrected chi connectivity index (χ1v) is 8.73. The molecule has 3 heteroatoms. The summed E-state index contributed by atoms with van der Waals surface area (Å²) in [6.45, 7) is 7.49. The van der Waals surface area contributed by atoms with Gasteiger partial charge in [-0.3, -0.25) is 4.79 Å². The normalized spacial score (nSPS) is 24.9. The van der Waals surface area contributed by atoms with Gasteiger partial charge in [-0.2, -0.15) is 0 Å². The van der Waals surface area contributed by atoms with E-state index >= 15 is 0 Å². The first-order valence-electron chi connectivity index (χ1n) is 8.73. The molecule has 1 aromatic carbocycles. The maximum atomic E-state index is 12.7. The lowest BCUT2D eigenvalue weighted by atomic mass is 9.95. The maximum Gasteiger partial charge on any atom is 0.223 e. The molecule has 0 bridgehead atoms. The molecule has 0 saturated carbocycles. The van der Waals surface area contributed by atoms with Crippen LogP contribution >= 0.6 is 0 Å². The van der Waals surface area contributed by atoms with Gasteiger partial charge in [-0.25, -0.2) is 0 Å². The average Bonchev–Trinajstić information content (AvgIpc) is 3.18. The van der Waals surface area contributed by atoms with Crippen molar-refractivity contribution >= 4 is 5.91 Å². The number of nitrogens with one attached hydrogen (secondary N) is 1. The third-order valence-electron chi connectivity index (χ3n) is 5.51. The van der Waals surface area contributed by atoms with Crippen molar-refractivity contribution in [1.82, 2.24) is 10.2 Å². The smallest absolute Gasteiger partial charge is 0.223 e. The summed E-state index contributed by atoms with van der Waals surface area (Å²) < 4.78 is 0. The summed E-state index contributed by atoms with van der Waals surface area (Å²) in [6, 6.07) is 6.80. The SMILES string of the molecule is Cc1cccc(C2CCCN2C(=O)CCC2CCNC2)c1C. The van der Waals surface area contributed by atoms with Crippen molar-refractivity contribution < 1.29 is 4.79 Å². The van der Waals surface area contributed by atoms with Gasteiger partial charge in [0.1, 0.15) is 0 Å². The molecule has 1 aromatic rings. The van der Waals surface area contributed by atoms with Crippen LogP contribution in [0.1, 0.15) is 54.8 Å². The maximum absolute atomic E-state index is 12.7. The van der Waals surface area contributed by atoms with Crippen LogP contribution in [-0.2, 0) is 4.79 Å². The number of carbonyl (C=O) groups excluding carboxylic acids is 1. The molecule has 0 radical (unpaired) electrons. The predicted molar refractivity (Wildman–Crippen MR) is 89.8 cm³/mol. The van der Waals surface area contributed by atoms with Gasteiger partial charge in [-0.05, 0) is 75.2 Å². The van der Waals surface area contributed by atoms with E-state index < -0.39 is 0 Å². The molecule has 1 N–H and O–H groups in total. The fourth-order valence-corrected chi connectivity index (χ4v) is 3.96. The van der Waals surface area contributed by atoms with Crippen LogP contribution in [0.15, 0.2) is 18.2 Å². The minimum atomic E-state index is 0.300. The van der Waals surface area contributed by atoms with Crippen LogP contribution < -0.4 is 5.32 Å². The molecule has 3 rings (SSSR count). The van der Waals surface area contributed by atoms with Crippen LogP contribution in [0.4, 0.5) is 0 Å². The Kier molecular flexibility index (Phi) is 4.82. The molecule has 0 aliphatic carbocycles. The lowest BCUT2D eigenvalue weighted by Gasteiger charge is -2.27. The zero-order chi connectivity index (χ0) is 15.5. The third kappa shape index (κ3) is 3.19. The summed E-state index contributed by atoms with van der Waals surface area (Å²) in [5.74, 6) is 1.06. The van der Waals surface area contributed by atoms with Crippen molar-refractivity contribution in [2.24, 2.45) is 5.92 Å². The number of hydrogen-bond acceptors (Lipinski definition) is 2. The van der Waals surface area contributed by atoms with Gasteiger partial charge in [-0.1, -0.05) is 18.2 Å². The van der Waals surface area contributed by atoms with Crippen molar-refractivity contribution in [3.63, 3.8) is 0 Å². The topological polar surface area (TPSA) is 32.3 Å². The standard InChI is InChI=1S/C19H28N2O/c1-14-5-3-6-17(15(14)2)18-7-4-12-21(18)19(22)9-8-16-10-11-20-13-16/h3,5-6,16,18,20H,4,7-13H2,1-2H3. The number of amides is 1. The van der Waals surface area contributed by atoms with Crippen molar-refractivity contribution in [2.45, 2.75) is 52.0 Å². The summed E-state index contributed by atoms with van der Waals surface area (Å²) in [4.78, 5) is 14.8. The van der Waals surface area contributed by atoms with Crippen LogP contribution in [0.25, 0.3) is 0 Å². The van der Waals surface area contributed by atoms with Gasteiger partial charge in [0.25, 0.3) is 0 Å². The molecule has 2 aliphatic heterocycles. The molecule has 3 nitrogen and oxygen atoms in total. The largest absolute Gasteiger partial charge is 0.336 e. The first-order chi connectivity index (χ1) is 10.7. The molecule has 2 atom stereocenters. The monoisotopic (exact) mass is 300 g/mol. The third-order valence-corrected chi connectivity index (χ3v) is 5.51. The molecule has 2 saturated heterocycles. The summed E-state index contributed by atoms with van der Waals surface area (Å²) in [5.41, 5.74) is 4.04. The van der Waals surface area contributed by atoms with Crippen molar-refractivity contribution in [2.75, 3.05) is 19.6 Å². The van der Waals surface area contributed by atoms with Crippen LogP contribution in [0.5, 0.6) is 0 Å². The molecule has 120 valence electrons. The lowest BCUT2D eigenvalue weighted by molar-refractivity contribution is -0.132. The summed E-state index contributed by atoms with van der Waals surface area (Å²) >= 11 is 0. The fraction of sp³-hybridized carbons (Fsp3) is 0.632. The van der Waals surface area contributed by atoms with Gasteiger partial charge in [0.2, 0.25) is 5.91 Å². The van der Waals surface area contributed by atoms with Crippen LogP contribution in [0.3, 0.4) is 0 Å². The summed E-state index contributed by atoms with van der Waals surface area (Å²) in [5, 5.41) is 3.39. The molecule has 0 aromatic heterocycles. The Morgan fingerprint density at radius 2 is 2.18 bits per heavy atom. The highest BCUT2D eigenvalue weighted by molar-refractivity contribution is 5.77. The Hall–Kier alpha value is -1.35. The molecule has 2 aliphatic rings. The van der Waals surface area contributed by atoms with E-state index in [0.717, 1.165) is 38.9 Å². The Morgan fingerprint density at radius 1 is 1.32 bits per heavy atom. The Bertz CT molecular complexity index is 534. The van der Waals surface area contributed by atoms with Crippen molar-refractivity contribution in [3.8, 4) is 0 Å². The van der Waals surface area contributed by atoms with Crippen molar-refractivity contribution in [1.29, 1.82) is 0 Å². The van der Waals surface area contributed by atoms with E-state index in [-0.39, 0.29) is 0 Å². The molecule has 2 unspecified atom stereocenters. The number of carbonyl (C=O) groups is 1. The summed E-state index contributed by atoms with van der Waals surface area (Å²) in [6.07, 6.45) is 5.24. The average molecular weight is 300 g/mol. The first kappa shape index (κ1) is 15.5. The van der Waals surface area contributed by atoms with Gasteiger partial charge in [0.15, 0.2) is 0 Å². The molecule has 2 heterocycles. The van der Waals surface area contributed by atoms with E-state index in [9.17, 15) is 4.79 Å².